The molecule has 7 heteroatoms. The molecule has 1 fully saturated rings. The molecule has 1 saturated heterocycles. The van der Waals surface area contributed by atoms with Crippen LogP contribution in [0.15, 0.2) is 67.3 Å². The van der Waals surface area contributed by atoms with Crippen LogP contribution in [0.5, 0.6) is 0 Å². The number of pyridine rings is 2. The van der Waals surface area contributed by atoms with Crippen molar-refractivity contribution in [3.63, 3.8) is 0 Å². The van der Waals surface area contributed by atoms with Crippen molar-refractivity contribution < 1.29 is 4.74 Å². The molecule has 144 valence electrons. The average Bonchev–Trinajstić information content (AvgIpc) is 3.34. The van der Waals surface area contributed by atoms with Gasteiger partial charge in [0.15, 0.2) is 5.11 Å². The number of rotatable bonds is 7. The highest BCUT2D eigenvalue weighted by atomic mass is 32.1. The zero-order valence-electron chi connectivity index (χ0n) is 15.7. The van der Waals surface area contributed by atoms with Gasteiger partial charge >= 0.3 is 0 Å². The molecule has 0 spiro atoms. The number of nitrogens with one attached hydrogen (secondary N) is 1. The molecule has 6 nitrogen and oxygen atoms in total. The maximum Gasteiger partial charge on any atom is 0.170 e. The van der Waals surface area contributed by atoms with Crippen LogP contribution in [0.4, 0.5) is 0 Å². The van der Waals surface area contributed by atoms with Crippen LogP contribution in [0, 0.1) is 0 Å². The molecular weight excluding hydrogens is 370 g/mol. The lowest BCUT2D eigenvalue weighted by atomic mass is 10.0. The summed E-state index contributed by atoms with van der Waals surface area (Å²) >= 11 is 5.70. The van der Waals surface area contributed by atoms with Crippen molar-refractivity contribution in [1.82, 2.24) is 24.8 Å². The lowest BCUT2D eigenvalue weighted by molar-refractivity contribution is 0.180. The molecule has 1 aliphatic heterocycles. The Balaban J connectivity index is 1.75. The van der Waals surface area contributed by atoms with Crippen LogP contribution < -0.4 is 5.32 Å². The summed E-state index contributed by atoms with van der Waals surface area (Å²) in [5.41, 5.74) is 3.15. The number of hydrogen-bond donors (Lipinski definition) is 1. The van der Waals surface area contributed by atoms with E-state index in [1.54, 1.807) is 13.3 Å². The summed E-state index contributed by atoms with van der Waals surface area (Å²) < 4.78 is 7.42. The number of methoxy groups -OCH3 is 1. The minimum atomic E-state index is -0.0263. The zero-order chi connectivity index (χ0) is 19.3. The van der Waals surface area contributed by atoms with Crippen LogP contribution in [-0.2, 0) is 4.74 Å². The fourth-order valence-electron chi connectivity index (χ4n) is 3.71. The maximum absolute atomic E-state index is 5.70. The third-order valence-corrected chi connectivity index (χ3v) is 5.31. The van der Waals surface area contributed by atoms with Gasteiger partial charge in [-0.1, -0.05) is 6.07 Å². The van der Waals surface area contributed by atoms with Crippen molar-refractivity contribution in [3.8, 4) is 5.69 Å². The number of aromatic nitrogens is 3. The third-order valence-electron chi connectivity index (χ3n) is 4.95. The number of hydrogen-bond acceptors (Lipinski definition) is 4. The van der Waals surface area contributed by atoms with Gasteiger partial charge < -0.3 is 19.5 Å². The number of ether oxygens (including phenoxy) is 1. The first-order chi connectivity index (χ1) is 13.8. The summed E-state index contributed by atoms with van der Waals surface area (Å²) in [7, 11) is 1.72. The van der Waals surface area contributed by atoms with Crippen molar-refractivity contribution in [2.24, 2.45) is 0 Å². The summed E-state index contributed by atoms with van der Waals surface area (Å²) in [6.45, 7) is 1.51. The van der Waals surface area contributed by atoms with E-state index in [1.165, 1.54) is 0 Å². The molecule has 0 unspecified atom stereocenters. The minimum absolute atomic E-state index is 0.0227. The first-order valence-electron chi connectivity index (χ1n) is 9.34. The smallest absolute Gasteiger partial charge is 0.170 e. The number of nitrogens with zero attached hydrogens (tertiary/aromatic N) is 4. The van der Waals surface area contributed by atoms with Crippen molar-refractivity contribution >= 4 is 17.3 Å². The largest absolute Gasteiger partial charge is 0.385 e. The molecule has 28 heavy (non-hydrogen) atoms. The molecule has 0 radical (unpaired) electrons. The van der Waals surface area contributed by atoms with E-state index in [4.69, 9.17) is 17.0 Å². The summed E-state index contributed by atoms with van der Waals surface area (Å²) in [6.07, 6.45) is 8.45. The molecule has 3 aromatic heterocycles. The predicted molar refractivity (Wildman–Crippen MR) is 112 cm³/mol. The Kier molecular flexibility index (Phi) is 5.64. The molecular formula is C21H23N5OS. The highest BCUT2D eigenvalue weighted by molar-refractivity contribution is 7.80. The molecule has 0 bridgehead atoms. The van der Waals surface area contributed by atoms with Crippen molar-refractivity contribution in [2.45, 2.75) is 18.5 Å². The van der Waals surface area contributed by atoms with E-state index >= 15 is 0 Å². The molecule has 4 heterocycles. The highest BCUT2D eigenvalue weighted by Crippen LogP contribution is 2.39. The topological polar surface area (TPSA) is 55.2 Å². The molecule has 2 atom stereocenters. The van der Waals surface area contributed by atoms with Gasteiger partial charge in [-0.2, -0.15) is 0 Å². The molecule has 0 aromatic carbocycles. The Morgan fingerprint density at radius 2 is 2.07 bits per heavy atom. The van der Waals surface area contributed by atoms with E-state index in [0.717, 1.165) is 35.2 Å². The second kappa shape index (κ2) is 8.50. The highest BCUT2D eigenvalue weighted by Gasteiger charge is 2.40. The van der Waals surface area contributed by atoms with Crippen LogP contribution in [0.25, 0.3) is 5.69 Å². The van der Waals surface area contributed by atoms with Crippen molar-refractivity contribution in [3.05, 3.63) is 78.6 Å². The fourth-order valence-corrected chi connectivity index (χ4v) is 4.05. The average molecular weight is 394 g/mol. The Morgan fingerprint density at radius 1 is 1.14 bits per heavy atom. The molecule has 0 amide bonds. The van der Waals surface area contributed by atoms with Crippen LogP contribution >= 0.6 is 12.2 Å². The lowest BCUT2D eigenvalue weighted by Gasteiger charge is -2.28. The van der Waals surface area contributed by atoms with Crippen LogP contribution in [0.2, 0.25) is 0 Å². The monoisotopic (exact) mass is 393 g/mol. The number of thiocarbonyl (C=S) groups is 1. The van der Waals surface area contributed by atoms with E-state index in [1.807, 2.05) is 36.7 Å². The van der Waals surface area contributed by atoms with Crippen LogP contribution in [-0.4, -0.2) is 44.8 Å². The Morgan fingerprint density at radius 3 is 2.82 bits per heavy atom. The quantitative estimate of drug-likeness (QED) is 0.491. The van der Waals surface area contributed by atoms with E-state index in [-0.39, 0.29) is 12.1 Å². The van der Waals surface area contributed by atoms with Gasteiger partial charge in [0.25, 0.3) is 0 Å². The Labute approximate surface area is 170 Å². The Hall–Kier alpha value is -2.77. The third kappa shape index (κ3) is 3.63. The van der Waals surface area contributed by atoms with E-state index in [0.29, 0.717) is 6.61 Å². The standard InChI is InChI=1S/C21H23N5OS/c1-27-14-6-13-26-20(19(24-21(26)28)17-8-2-3-11-23-17)18-9-5-12-25(18)16-7-4-10-22-15-16/h2-5,7-12,15,19-20H,6,13-14H2,1H3,(H,24,28)/t19-,20+/m1/s1. The maximum atomic E-state index is 5.70. The minimum Gasteiger partial charge on any atom is -0.385 e. The summed E-state index contributed by atoms with van der Waals surface area (Å²) in [4.78, 5) is 11.1. The molecule has 4 rings (SSSR count). The second-order valence-electron chi connectivity index (χ2n) is 6.68. The van der Waals surface area contributed by atoms with Gasteiger partial charge in [-0.25, -0.2) is 0 Å². The van der Waals surface area contributed by atoms with Gasteiger partial charge in [-0.05, 0) is 55.0 Å². The van der Waals surface area contributed by atoms with Gasteiger partial charge in [-0.15, -0.1) is 0 Å². The summed E-state index contributed by atoms with van der Waals surface area (Å²) in [5.74, 6) is 0. The first-order valence-corrected chi connectivity index (χ1v) is 9.75. The van der Waals surface area contributed by atoms with Gasteiger partial charge in [0.1, 0.15) is 0 Å². The SMILES string of the molecule is COCCCN1C(=S)N[C@H](c2ccccn2)[C@@H]1c1cccn1-c1cccnc1. The molecule has 0 aliphatic carbocycles. The Bertz CT molecular complexity index is 915. The van der Waals surface area contributed by atoms with Crippen molar-refractivity contribution in [2.75, 3.05) is 20.3 Å². The second-order valence-corrected chi connectivity index (χ2v) is 7.07. The molecule has 3 aromatic rings. The van der Waals surface area contributed by atoms with E-state index in [9.17, 15) is 0 Å². The van der Waals surface area contributed by atoms with Crippen LogP contribution in [0.3, 0.4) is 0 Å². The molecule has 1 N–H and O–H groups in total. The summed E-state index contributed by atoms with van der Waals surface area (Å²) in [6, 6.07) is 14.2. The fraction of sp³-hybridized carbons (Fsp3) is 0.286. The van der Waals surface area contributed by atoms with Gasteiger partial charge in [0.2, 0.25) is 0 Å². The van der Waals surface area contributed by atoms with E-state index < -0.39 is 0 Å². The first kappa shape index (κ1) is 18.6. The molecule has 0 saturated carbocycles. The summed E-state index contributed by atoms with van der Waals surface area (Å²) in [5, 5.41) is 4.24. The van der Waals surface area contributed by atoms with Crippen LogP contribution in [0.1, 0.15) is 29.9 Å². The lowest BCUT2D eigenvalue weighted by Crippen LogP contribution is -2.32. The normalized spacial score (nSPS) is 19.0. The van der Waals surface area contributed by atoms with Gasteiger partial charge in [0.05, 0.1) is 29.7 Å². The van der Waals surface area contributed by atoms with E-state index in [2.05, 4.69) is 49.1 Å². The molecule has 1 aliphatic rings. The van der Waals surface area contributed by atoms with Gasteiger partial charge in [0, 0.05) is 44.5 Å². The zero-order valence-corrected chi connectivity index (χ0v) is 16.5. The van der Waals surface area contributed by atoms with Gasteiger partial charge in [-0.3, -0.25) is 9.97 Å². The predicted octanol–water partition coefficient (Wildman–Crippen LogP) is 3.28. The van der Waals surface area contributed by atoms with Crippen molar-refractivity contribution in [1.29, 1.82) is 0 Å².